The molecule has 0 spiro atoms. The average Bonchev–Trinajstić information content (AvgIpc) is 2.61. The molecule has 0 bridgehead atoms. The number of aliphatic hydroxyl groups is 1. The van der Waals surface area contributed by atoms with Crippen LogP contribution in [0.25, 0.3) is 0 Å². The molecule has 0 saturated carbocycles. The average molecular weight is 247 g/mol. The minimum absolute atomic E-state index is 0.0213. The van der Waals surface area contributed by atoms with Gasteiger partial charge in [0.1, 0.15) is 0 Å². The van der Waals surface area contributed by atoms with Crippen molar-refractivity contribution >= 4 is 10.0 Å². The molecular weight excluding hydrogens is 230 g/mol. The third-order valence-corrected chi connectivity index (χ3v) is 3.92. The van der Waals surface area contributed by atoms with Crippen LogP contribution in [-0.2, 0) is 17.1 Å². The van der Waals surface area contributed by atoms with Gasteiger partial charge in [-0.2, -0.15) is 5.10 Å². The number of nitrogens with zero attached hydrogens (tertiary/aromatic N) is 2. The quantitative estimate of drug-likeness (QED) is 0.749. The van der Waals surface area contributed by atoms with Crippen LogP contribution in [0.4, 0.5) is 0 Å². The van der Waals surface area contributed by atoms with E-state index in [-0.39, 0.29) is 17.6 Å². The fourth-order valence-corrected chi connectivity index (χ4v) is 2.77. The Morgan fingerprint density at radius 1 is 1.56 bits per heavy atom. The van der Waals surface area contributed by atoms with Crippen LogP contribution in [0.15, 0.2) is 17.3 Å². The Bertz CT molecular complexity index is 439. The van der Waals surface area contributed by atoms with Crippen molar-refractivity contribution in [2.75, 3.05) is 6.61 Å². The Morgan fingerprint density at radius 3 is 2.56 bits per heavy atom. The number of rotatable bonds is 5. The summed E-state index contributed by atoms with van der Waals surface area (Å²) in [4.78, 5) is 0. The Hall–Kier alpha value is -0.920. The first-order valence-electron chi connectivity index (χ1n) is 4.99. The summed E-state index contributed by atoms with van der Waals surface area (Å²) in [6.45, 7) is 3.45. The zero-order valence-corrected chi connectivity index (χ0v) is 10.4. The number of hydrogen-bond donors (Lipinski definition) is 2. The number of sulfonamides is 1. The molecule has 6 nitrogen and oxygen atoms in total. The third kappa shape index (κ3) is 2.81. The van der Waals surface area contributed by atoms with Gasteiger partial charge in [0.05, 0.1) is 12.8 Å². The van der Waals surface area contributed by atoms with Gasteiger partial charge in [0.2, 0.25) is 0 Å². The highest BCUT2D eigenvalue weighted by atomic mass is 32.2. The van der Waals surface area contributed by atoms with Crippen LogP contribution in [0.1, 0.15) is 13.8 Å². The number of aromatic nitrogens is 2. The van der Waals surface area contributed by atoms with Gasteiger partial charge in [-0.15, -0.1) is 0 Å². The second-order valence-corrected chi connectivity index (χ2v) is 5.61. The zero-order chi connectivity index (χ0) is 12.3. The van der Waals surface area contributed by atoms with Crippen molar-refractivity contribution in [3.63, 3.8) is 0 Å². The zero-order valence-electron chi connectivity index (χ0n) is 9.58. The van der Waals surface area contributed by atoms with Gasteiger partial charge in [0, 0.05) is 13.1 Å². The molecule has 7 heteroatoms. The molecule has 0 fully saturated rings. The van der Waals surface area contributed by atoms with Crippen molar-refractivity contribution in [3.8, 4) is 0 Å². The van der Waals surface area contributed by atoms with E-state index in [0.29, 0.717) is 0 Å². The van der Waals surface area contributed by atoms with Crippen molar-refractivity contribution in [2.24, 2.45) is 13.0 Å². The first-order chi connectivity index (χ1) is 7.38. The second-order valence-electron chi connectivity index (χ2n) is 3.95. The Kier molecular flexibility index (Phi) is 4.06. The van der Waals surface area contributed by atoms with E-state index in [1.54, 1.807) is 7.05 Å². The van der Waals surface area contributed by atoms with Crippen molar-refractivity contribution in [2.45, 2.75) is 24.9 Å². The monoisotopic (exact) mass is 247 g/mol. The Labute approximate surface area is 95.3 Å². The molecule has 1 aromatic heterocycles. The summed E-state index contributed by atoms with van der Waals surface area (Å²) >= 11 is 0. The predicted octanol–water partition coefficient (Wildman–Crippen LogP) is -0.285. The standard InChI is InChI=1S/C9H17N3O3S/c1-7(2)8(6-13)11-16(14,15)9-4-5-10-12(9)3/h4-5,7-8,11,13H,6H2,1-3H3/t8-/m1/s1. The van der Waals surface area contributed by atoms with Crippen LogP contribution in [-0.4, -0.2) is 36.0 Å². The molecule has 0 radical (unpaired) electrons. The molecule has 0 saturated heterocycles. The van der Waals surface area contributed by atoms with E-state index in [4.69, 9.17) is 5.11 Å². The minimum Gasteiger partial charge on any atom is -0.395 e. The van der Waals surface area contributed by atoms with Gasteiger partial charge in [-0.05, 0) is 12.0 Å². The molecule has 1 rings (SSSR count). The largest absolute Gasteiger partial charge is 0.395 e. The highest BCUT2D eigenvalue weighted by Gasteiger charge is 2.23. The van der Waals surface area contributed by atoms with Crippen molar-refractivity contribution in [1.29, 1.82) is 0 Å². The lowest BCUT2D eigenvalue weighted by atomic mass is 10.1. The van der Waals surface area contributed by atoms with Gasteiger partial charge in [-0.25, -0.2) is 13.1 Å². The molecule has 0 unspecified atom stereocenters. The number of nitrogens with one attached hydrogen (secondary N) is 1. The van der Waals surface area contributed by atoms with E-state index in [1.807, 2.05) is 13.8 Å². The molecular formula is C9H17N3O3S. The molecule has 1 atom stereocenters. The fraction of sp³-hybridized carbons (Fsp3) is 0.667. The smallest absolute Gasteiger partial charge is 0.258 e. The minimum atomic E-state index is -3.61. The summed E-state index contributed by atoms with van der Waals surface area (Å²) in [5, 5.41) is 13.0. The Morgan fingerprint density at radius 2 is 2.19 bits per heavy atom. The van der Waals surface area contributed by atoms with Crippen molar-refractivity contribution < 1.29 is 13.5 Å². The molecule has 1 heterocycles. The van der Waals surface area contributed by atoms with Gasteiger partial charge in [0.25, 0.3) is 10.0 Å². The van der Waals surface area contributed by atoms with E-state index in [1.165, 1.54) is 16.9 Å². The maximum atomic E-state index is 11.9. The molecule has 0 aromatic carbocycles. The second kappa shape index (κ2) is 4.94. The van der Waals surface area contributed by atoms with E-state index in [9.17, 15) is 8.42 Å². The molecule has 0 aliphatic rings. The summed E-state index contributed by atoms with van der Waals surface area (Å²) in [5.74, 6) is 0.0213. The molecule has 1 aromatic rings. The fourth-order valence-electron chi connectivity index (χ4n) is 1.27. The number of aliphatic hydroxyl groups excluding tert-OH is 1. The molecule has 16 heavy (non-hydrogen) atoms. The van der Waals surface area contributed by atoms with Gasteiger partial charge in [0.15, 0.2) is 5.03 Å². The van der Waals surface area contributed by atoms with E-state index >= 15 is 0 Å². The topological polar surface area (TPSA) is 84.2 Å². The van der Waals surface area contributed by atoms with Crippen LogP contribution in [0.5, 0.6) is 0 Å². The van der Waals surface area contributed by atoms with E-state index < -0.39 is 16.1 Å². The molecule has 92 valence electrons. The third-order valence-electron chi connectivity index (χ3n) is 2.36. The summed E-state index contributed by atoms with van der Waals surface area (Å²) < 4.78 is 27.5. The van der Waals surface area contributed by atoms with Crippen molar-refractivity contribution in [3.05, 3.63) is 12.3 Å². The molecule has 0 aliphatic carbocycles. The van der Waals surface area contributed by atoms with Gasteiger partial charge < -0.3 is 5.11 Å². The maximum Gasteiger partial charge on any atom is 0.258 e. The van der Waals surface area contributed by atoms with Gasteiger partial charge >= 0.3 is 0 Å². The predicted molar refractivity (Wildman–Crippen MR) is 59.2 cm³/mol. The molecule has 0 aliphatic heterocycles. The SMILES string of the molecule is CC(C)[C@@H](CO)NS(=O)(=O)c1ccnn1C. The van der Waals surface area contributed by atoms with Crippen LogP contribution >= 0.6 is 0 Å². The number of aryl methyl sites for hydroxylation is 1. The van der Waals surface area contributed by atoms with Crippen LogP contribution in [0.3, 0.4) is 0 Å². The van der Waals surface area contributed by atoms with E-state index in [2.05, 4.69) is 9.82 Å². The first kappa shape index (κ1) is 13.1. The summed E-state index contributed by atoms with van der Waals surface area (Å²) in [6, 6.07) is 0.928. The lowest BCUT2D eigenvalue weighted by Gasteiger charge is -2.19. The summed E-state index contributed by atoms with van der Waals surface area (Å²) in [7, 11) is -2.06. The van der Waals surface area contributed by atoms with Crippen LogP contribution < -0.4 is 4.72 Å². The lowest BCUT2D eigenvalue weighted by molar-refractivity contribution is 0.227. The molecule has 2 N–H and O–H groups in total. The normalized spacial score (nSPS) is 14.3. The lowest BCUT2D eigenvalue weighted by Crippen LogP contribution is -2.41. The van der Waals surface area contributed by atoms with E-state index in [0.717, 1.165) is 0 Å². The molecule has 0 amide bonds. The van der Waals surface area contributed by atoms with Crippen LogP contribution in [0.2, 0.25) is 0 Å². The highest BCUT2D eigenvalue weighted by molar-refractivity contribution is 7.89. The van der Waals surface area contributed by atoms with Crippen molar-refractivity contribution in [1.82, 2.24) is 14.5 Å². The summed E-state index contributed by atoms with van der Waals surface area (Å²) in [5.41, 5.74) is 0. The maximum absolute atomic E-state index is 11.9. The highest BCUT2D eigenvalue weighted by Crippen LogP contribution is 2.09. The Balaban J connectivity index is 2.92. The number of hydrogen-bond acceptors (Lipinski definition) is 4. The van der Waals surface area contributed by atoms with Crippen LogP contribution in [0, 0.1) is 5.92 Å². The first-order valence-corrected chi connectivity index (χ1v) is 6.48. The summed E-state index contributed by atoms with van der Waals surface area (Å²) in [6.07, 6.45) is 1.41. The van der Waals surface area contributed by atoms with Gasteiger partial charge in [-0.1, -0.05) is 13.8 Å². The van der Waals surface area contributed by atoms with Gasteiger partial charge in [-0.3, -0.25) is 4.68 Å².